The molecular weight excluding hydrogens is 174 g/mol. The van der Waals surface area contributed by atoms with E-state index in [2.05, 4.69) is 13.8 Å². The molecule has 0 heterocycles. The standard InChI is InChI=1S/C12H27NO/c1-4-14-10-6-9-12(13)8-5-7-11(2)3/h11-12H,4-10,13H2,1-3H3. The van der Waals surface area contributed by atoms with Crippen LogP contribution in [0.5, 0.6) is 0 Å². The fourth-order valence-corrected chi connectivity index (χ4v) is 1.52. The highest BCUT2D eigenvalue weighted by Gasteiger charge is 2.02. The SMILES string of the molecule is CCOCCCC(N)CCCC(C)C. The van der Waals surface area contributed by atoms with Crippen molar-refractivity contribution in [2.45, 2.75) is 58.9 Å². The third kappa shape index (κ3) is 10.0. The maximum atomic E-state index is 5.99. The van der Waals surface area contributed by atoms with Crippen molar-refractivity contribution < 1.29 is 4.74 Å². The number of nitrogens with two attached hydrogens (primary N) is 1. The molecule has 0 aliphatic rings. The summed E-state index contributed by atoms with van der Waals surface area (Å²) in [6.07, 6.45) is 5.96. The van der Waals surface area contributed by atoms with Crippen LogP contribution in [0.15, 0.2) is 0 Å². The lowest BCUT2D eigenvalue weighted by molar-refractivity contribution is 0.141. The predicted octanol–water partition coefficient (Wildman–Crippen LogP) is 2.96. The lowest BCUT2D eigenvalue weighted by atomic mass is 10.0. The maximum Gasteiger partial charge on any atom is 0.0466 e. The molecule has 0 spiro atoms. The Morgan fingerprint density at radius 2 is 1.71 bits per heavy atom. The molecule has 0 aromatic heterocycles. The molecule has 0 radical (unpaired) electrons. The van der Waals surface area contributed by atoms with Gasteiger partial charge in [-0.2, -0.15) is 0 Å². The molecule has 0 fully saturated rings. The van der Waals surface area contributed by atoms with Gasteiger partial charge in [0.25, 0.3) is 0 Å². The van der Waals surface area contributed by atoms with Gasteiger partial charge >= 0.3 is 0 Å². The Hall–Kier alpha value is -0.0800. The topological polar surface area (TPSA) is 35.2 Å². The summed E-state index contributed by atoms with van der Waals surface area (Å²) in [5.41, 5.74) is 5.99. The first-order chi connectivity index (χ1) is 6.66. The highest BCUT2D eigenvalue weighted by atomic mass is 16.5. The van der Waals surface area contributed by atoms with Crippen LogP contribution in [0, 0.1) is 5.92 Å². The molecule has 14 heavy (non-hydrogen) atoms. The lowest BCUT2D eigenvalue weighted by Crippen LogP contribution is -2.20. The summed E-state index contributed by atoms with van der Waals surface area (Å²) in [6, 6.07) is 0.384. The van der Waals surface area contributed by atoms with E-state index in [1.54, 1.807) is 0 Å². The minimum Gasteiger partial charge on any atom is -0.382 e. The molecule has 0 bridgehead atoms. The number of hydrogen-bond acceptors (Lipinski definition) is 2. The molecule has 1 unspecified atom stereocenters. The zero-order valence-corrected chi connectivity index (χ0v) is 10.1. The lowest BCUT2D eigenvalue weighted by Gasteiger charge is -2.12. The van der Waals surface area contributed by atoms with Gasteiger partial charge in [0.05, 0.1) is 0 Å². The first-order valence-corrected chi connectivity index (χ1v) is 6.00. The average molecular weight is 201 g/mol. The van der Waals surface area contributed by atoms with Gasteiger partial charge < -0.3 is 10.5 Å². The molecule has 0 amide bonds. The van der Waals surface area contributed by atoms with Crippen molar-refractivity contribution in [2.75, 3.05) is 13.2 Å². The molecule has 0 rings (SSSR count). The minimum atomic E-state index is 0.384. The van der Waals surface area contributed by atoms with Gasteiger partial charge in [-0.1, -0.05) is 26.7 Å². The summed E-state index contributed by atoms with van der Waals surface area (Å²) in [4.78, 5) is 0. The molecule has 0 saturated carbocycles. The van der Waals surface area contributed by atoms with E-state index in [-0.39, 0.29) is 0 Å². The van der Waals surface area contributed by atoms with Crippen molar-refractivity contribution in [1.29, 1.82) is 0 Å². The van der Waals surface area contributed by atoms with Gasteiger partial charge in [0.15, 0.2) is 0 Å². The van der Waals surface area contributed by atoms with Gasteiger partial charge in [0.2, 0.25) is 0 Å². The second-order valence-electron chi connectivity index (χ2n) is 4.42. The van der Waals surface area contributed by atoms with E-state index in [1.807, 2.05) is 6.92 Å². The summed E-state index contributed by atoms with van der Waals surface area (Å²) in [5.74, 6) is 0.811. The molecule has 0 saturated heterocycles. The second kappa shape index (κ2) is 9.47. The van der Waals surface area contributed by atoms with Crippen molar-refractivity contribution in [3.63, 3.8) is 0 Å². The Balaban J connectivity index is 3.15. The van der Waals surface area contributed by atoms with E-state index in [4.69, 9.17) is 10.5 Å². The number of ether oxygens (including phenoxy) is 1. The smallest absolute Gasteiger partial charge is 0.0466 e. The monoisotopic (exact) mass is 201 g/mol. The molecule has 0 aliphatic carbocycles. The zero-order chi connectivity index (χ0) is 10.8. The van der Waals surface area contributed by atoms with Gasteiger partial charge in [0, 0.05) is 19.3 Å². The minimum absolute atomic E-state index is 0.384. The predicted molar refractivity (Wildman–Crippen MR) is 62.4 cm³/mol. The zero-order valence-electron chi connectivity index (χ0n) is 10.1. The molecular formula is C12H27NO. The van der Waals surface area contributed by atoms with Crippen LogP contribution in [-0.4, -0.2) is 19.3 Å². The average Bonchev–Trinajstić information content (AvgIpc) is 2.12. The number of hydrogen-bond donors (Lipinski definition) is 1. The molecule has 1 atom stereocenters. The van der Waals surface area contributed by atoms with Crippen molar-refractivity contribution in [1.82, 2.24) is 0 Å². The summed E-state index contributed by atoms with van der Waals surface area (Å²) in [6.45, 7) is 8.25. The number of rotatable bonds is 9. The summed E-state index contributed by atoms with van der Waals surface area (Å²) in [5, 5.41) is 0. The molecule has 2 heteroatoms. The summed E-state index contributed by atoms with van der Waals surface area (Å²) < 4.78 is 5.27. The largest absolute Gasteiger partial charge is 0.382 e. The van der Waals surface area contributed by atoms with Gasteiger partial charge in [-0.3, -0.25) is 0 Å². The third-order valence-corrected chi connectivity index (χ3v) is 2.42. The highest BCUT2D eigenvalue weighted by molar-refractivity contribution is 4.61. The normalized spacial score (nSPS) is 13.5. The van der Waals surface area contributed by atoms with Gasteiger partial charge in [-0.25, -0.2) is 0 Å². The van der Waals surface area contributed by atoms with Gasteiger partial charge in [0.1, 0.15) is 0 Å². The molecule has 0 aromatic carbocycles. The van der Waals surface area contributed by atoms with Gasteiger partial charge in [-0.05, 0) is 32.1 Å². The van der Waals surface area contributed by atoms with Crippen LogP contribution < -0.4 is 5.73 Å². The summed E-state index contributed by atoms with van der Waals surface area (Å²) >= 11 is 0. The van der Waals surface area contributed by atoms with Gasteiger partial charge in [-0.15, -0.1) is 0 Å². The Morgan fingerprint density at radius 3 is 2.29 bits per heavy atom. The molecule has 0 aliphatic heterocycles. The van der Waals surface area contributed by atoms with E-state index in [1.165, 1.54) is 19.3 Å². The fourth-order valence-electron chi connectivity index (χ4n) is 1.52. The van der Waals surface area contributed by atoms with Crippen LogP contribution in [-0.2, 0) is 4.74 Å². The first-order valence-electron chi connectivity index (χ1n) is 6.00. The Kier molecular flexibility index (Phi) is 9.42. The Labute approximate surface area is 89.2 Å². The Bertz CT molecular complexity index is 115. The van der Waals surface area contributed by atoms with Crippen molar-refractivity contribution in [2.24, 2.45) is 11.7 Å². The maximum absolute atomic E-state index is 5.99. The molecule has 2 N–H and O–H groups in total. The van der Waals surface area contributed by atoms with E-state index in [9.17, 15) is 0 Å². The summed E-state index contributed by atoms with van der Waals surface area (Å²) in [7, 11) is 0. The van der Waals surface area contributed by atoms with E-state index in [0.29, 0.717) is 6.04 Å². The quantitative estimate of drug-likeness (QED) is 0.582. The van der Waals surface area contributed by atoms with E-state index >= 15 is 0 Å². The van der Waals surface area contributed by atoms with Crippen LogP contribution in [0.1, 0.15) is 52.9 Å². The fraction of sp³-hybridized carbons (Fsp3) is 1.00. The molecule has 86 valence electrons. The molecule has 0 aromatic rings. The van der Waals surface area contributed by atoms with E-state index < -0.39 is 0 Å². The van der Waals surface area contributed by atoms with Crippen molar-refractivity contribution in [3.8, 4) is 0 Å². The van der Waals surface area contributed by atoms with Crippen LogP contribution in [0.25, 0.3) is 0 Å². The van der Waals surface area contributed by atoms with Crippen molar-refractivity contribution >= 4 is 0 Å². The first kappa shape index (κ1) is 13.9. The second-order valence-corrected chi connectivity index (χ2v) is 4.42. The van der Waals surface area contributed by atoms with E-state index in [0.717, 1.165) is 32.0 Å². The van der Waals surface area contributed by atoms with Crippen LogP contribution in [0.2, 0.25) is 0 Å². The van der Waals surface area contributed by atoms with Crippen LogP contribution in [0.4, 0.5) is 0 Å². The van der Waals surface area contributed by atoms with Crippen LogP contribution >= 0.6 is 0 Å². The Morgan fingerprint density at radius 1 is 1.07 bits per heavy atom. The highest BCUT2D eigenvalue weighted by Crippen LogP contribution is 2.09. The third-order valence-electron chi connectivity index (χ3n) is 2.42. The van der Waals surface area contributed by atoms with Crippen LogP contribution in [0.3, 0.4) is 0 Å². The van der Waals surface area contributed by atoms with Crippen molar-refractivity contribution in [3.05, 3.63) is 0 Å². The molecule has 2 nitrogen and oxygen atoms in total.